The summed E-state index contributed by atoms with van der Waals surface area (Å²) < 4.78 is 0.838. The van der Waals surface area contributed by atoms with Gasteiger partial charge in [-0.25, -0.2) is 4.98 Å². The highest BCUT2D eigenvalue weighted by molar-refractivity contribution is 7.20. The number of nitrogens with one attached hydrogen (secondary N) is 2. The minimum Gasteiger partial charge on any atom is -0.392 e. The van der Waals surface area contributed by atoms with Crippen LogP contribution in [0.25, 0.3) is 10.2 Å². The Kier molecular flexibility index (Phi) is 6.78. The van der Waals surface area contributed by atoms with Gasteiger partial charge in [0.2, 0.25) is 11.7 Å². The Morgan fingerprint density at radius 2 is 2.21 bits per heavy atom. The van der Waals surface area contributed by atoms with Crippen LogP contribution in [0.3, 0.4) is 0 Å². The lowest BCUT2D eigenvalue weighted by Crippen LogP contribution is -2.49. The number of ketones is 1. The third kappa shape index (κ3) is 4.89. The van der Waals surface area contributed by atoms with Gasteiger partial charge >= 0.3 is 0 Å². The fourth-order valence-corrected chi connectivity index (χ4v) is 4.77. The average molecular weight is 419 g/mol. The van der Waals surface area contributed by atoms with E-state index in [1.807, 2.05) is 11.0 Å². The molecule has 10 heteroatoms. The molecule has 1 aliphatic heterocycles. The normalized spacial score (nSPS) is 18.0. The van der Waals surface area contributed by atoms with Crippen LogP contribution >= 0.6 is 11.3 Å². The molecule has 1 saturated heterocycles. The number of likely N-dealkylation sites (tertiary alicyclic amines) is 1. The van der Waals surface area contributed by atoms with Gasteiger partial charge in [-0.1, -0.05) is 6.07 Å². The van der Waals surface area contributed by atoms with Crippen molar-refractivity contribution in [1.29, 1.82) is 5.41 Å². The first-order valence-electron chi connectivity index (χ1n) is 9.58. The van der Waals surface area contributed by atoms with Gasteiger partial charge < -0.3 is 21.9 Å². The molecule has 2 aromatic rings. The highest BCUT2D eigenvalue weighted by Crippen LogP contribution is 2.29. The van der Waals surface area contributed by atoms with Crippen molar-refractivity contribution >= 4 is 39.2 Å². The molecule has 0 saturated carbocycles. The number of nitrogens with two attached hydrogens (primary N) is 2. The Bertz CT molecular complexity index is 914. The van der Waals surface area contributed by atoms with Crippen LogP contribution in [0.4, 0.5) is 0 Å². The summed E-state index contributed by atoms with van der Waals surface area (Å²) in [6, 6.07) is 4.44. The summed E-state index contributed by atoms with van der Waals surface area (Å²) in [4.78, 5) is 31.6. The molecule has 29 heavy (non-hydrogen) atoms. The van der Waals surface area contributed by atoms with Gasteiger partial charge in [0.05, 0.1) is 28.9 Å². The Balaban J connectivity index is 1.84. The Morgan fingerprint density at radius 1 is 1.41 bits per heavy atom. The van der Waals surface area contributed by atoms with Gasteiger partial charge in [-0.3, -0.25) is 19.9 Å². The first-order valence-corrected chi connectivity index (χ1v) is 10.4. The summed E-state index contributed by atoms with van der Waals surface area (Å²) in [6.45, 7) is 1.02. The molecule has 0 unspecified atom stereocenters. The number of primary amides is 1. The lowest BCUT2D eigenvalue weighted by atomic mass is 10.0. The van der Waals surface area contributed by atoms with Crippen LogP contribution in [0.2, 0.25) is 0 Å². The van der Waals surface area contributed by atoms with Crippen molar-refractivity contribution in [3.8, 4) is 0 Å². The predicted molar refractivity (Wildman–Crippen MR) is 112 cm³/mol. The summed E-state index contributed by atoms with van der Waals surface area (Å²) in [5.74, 6) is -0.665. The maximum atomic E-state index is 13.4. The number of rotatable bonds is 9. The molecule has 1 fully saturated rings. The molecule has 0 spiro atoms. The number of aliphatic hydroxyl groups excluding tert-OH is 1. The second-order valence-corrected chi connectivity index (χ2v) is 8.17. The quantitative estimate of drug-likeness (QED) is 0.172. The van der Waals surface area contributed by atoms with Crippen molar-refractivity contribution in [2.75, 3.05) is 13.1 Å². The Morgan fingerprint density at radius 3 is 2.90 bits per heavy atom. The number of thiazole rings is 1. The van der Waals surface area contributed by atoms with Crippen LogP contribution in [0.5, 0.6) is 0 Å². The predicted octanol–water partition coefficient (Wildman–Crippen LogP) is 0.553. The molecule has 9 nitrogen and oxygen atoms in total. The second-order valence-electron chi connectivity index (χ2n) is 7.14. The largest absolute Gasteiger partial charge is 0.392 e. The zero-order valence-corrected chi connectivity index (χ0v) is 16.9. The van der Waals surface area contributed by atoms with Crippen LogP contribution in [-0.2, 0) is 11.4 Å². The molecule has 2 heterocycles. The van der Waals surface area contributed by atoms with Gasteiger partial charge in [0.25, 0.3) is 0 Å². The molecular formula is C19H26N6O3S. The van der Waals surface area contributed by atoms with E-state index >= 15 is 0 Å². The molecule has 7 N–H and O–H groups in total. The third-order valence-corrected chi connectivity index (χ3v) is 6.17. The summed E-state index contributed by atoms with van der Waals surface area (Å²) >= 11 is 1.29. The molecule has 1 amide bonds. The number of nitrogens with zero attached hydrogens (tertiary/aromatic N) is 2. The van der Waals surface area contributed by atoms with E-state index in [4.69, 9.17) is 16.9 Å². The van der Waals surface area contributed by atoms with Crippen molar-refractivity contribution in [3.63, 3.8) is 0 Å². The number of aromatic nitrogens is 1. The smallest absolute Gasteiger partial charge is 0.234 e. The van der Waals surface area contributed by atoms with E-state index in [9.17, 15) is 14.7 Å². The van der Waals surface area contributed by atoms with Crippen molar-refractivity contribution in [1.82, 2.24) is 15.2 Å². The van der Waals surface area contributed by atoms with E-state index in [0.29, 0.717) is 42.9 Å². The van der Waals surface area contributed by atoms with Crippen molar-refractivity contribution in [2.24, 2.45) is 11.5 Å². The van der Waals surface area contributed by atoms with Crippen molar-refractivity contribution in [2.45, 2.75) is 44.4 Å². The molecule has 1 aromatic heterocycles. The maximum Gasteiger partial charge on any atom is 0.234 e. The first kappa shape index (κ1) is 21.2. The lowest BCUT2D eigenvalue weighted by Gasteiger charge is -2.30. The van der Waals surface area contributed by atoms with E-state index < -0.39 is 18.0 Å². The highest BCUT2D eigenvalue weighted by atomic mass is 32.1. The van der Waals surface area contributed by atoms with Crippen LogP contribution in [0.15, 0.2) is 18.2 Å². The second kappa shape index (κ2) is 9.29. The lowest BCUT2D eigenvalue weighted by molar-refractivity contribution is -0.122. The van der Waals surface area contributed by atoms with E-state index in [-0.39, 0.29) is 18.3 Å². The fourth-order valence-electron chi connectivity index (χ4n) is 3.75. The van der Waals surface area contributed by atoms with Crippen molar-refractivity contribution < 1.29 is 14.7 Å². The third-order valence-electron chi connectivity index (χ3n) is 5.14. The molecule has 0 bridgehead atoms. The molecule has 0 radical (unpaired) electrons. The Labute approximate surface area is 172 Å². The van der Waals surface area contributed by atoms with Gasteiger partial charge in [0.15, 0.2) is 11.0 Å². The molecular weight excluding hydrogens is 392 g/mol. The zero-order chi connectivity index (χ0) is 21.0. The molecule has 1 aromatic carbocycles. The van der Waals surface area contributed by atoms with Crippen LogP contribution in [0.1, 0.15) is 41.0 Å². The van der Waals surface area contributed by atoms with Crippen LogP contribution < -0.4 is 16.8 Å². The zero-order valence-electron chi connectivity index (χ0n) is 16.1. The first-order chi connectivity index (χ1) is 13.9. The Hall–Kier alpha value is -2.56. The molecule has 1 aliphatic rings. The van der Waals surface area contributed by atoms with Gasteiger partial charge in [0.1, 0.15) is 0 Å². The monoisotopic (exact) mass is 418 g/mol. The van der Waals surface area contributed by atoms with Gasteiger partial charge in [0, 0.05) is 6.54 Å². The fraction of sp³-hybridized carbons (Fsp3) is 0.474. The molecule has 156 valence electrons. The van der Waals surface area contributed by atoms with Gasteiger partial charge in [-0.2, -0.15) is 0 Å². The summed E-state index contributed by atoms with van der Waals surface area (Å²) in [5, 5.41) is 19.7. The van der Waals surface area contributed by atoms with Crippen molar-refractivity contribution in [3.05, 3.63) is 28.8 Å². The van der Waals surface area contributed by atoms with E-state index in [1.165, 1.54) is 11.3 Å². The summed E-state index contributed by atoms with van der Waals surface area (Å²) in [6.07, 6.45) is 2.56. The van der Waals surface area contributed by atoms with E-state index in [0.717, 1.165) is 16.7 Å². The number of aliphatic hydroxyl groups is 1. The number of hydrogen-bond donors (Lipinski definition) is 5. The molecule has 2 atom stereocenters. The number of hydrogen-bond acceptors (Lipinski definition) is 7. The number of fused-ring (bicyclic) bond motifs is 1. The maximum absolute atomic E-state index is 13.4. The van der Waals surface area contributed by atoms with Crippen LogP contribution in [-0.4, -0.2) is 57.8 Å². The summed E-state index contributed by atoms with van der Waals surface area (Å²) in [5.41, 5.74) is 12.4. The minimum absolute atomic E-state index is 0.0725. The van der Waals surface area contributed by atoms with Gasteiger partial charge in [-0.05, 0) is 49.9 Å². The SMILES string of the molecule is N=C(N)NCCC[C@@H](C(=O)c1nc2ccc(CO)cc2s1)N1CCC[C@H]1C(N)=O. The molecule has 0 aliphatic carbocycles. The molecule has 3 rings (SSSR count). The minimum atomic E-state index is -0.512. The standard InChI is InChI=1S/C19H26N6O3S/c20-17(28)14-4-2-8-25(14)13(3-1-7-23-19(21)22)16(27)18-24-12-6-5-11(10-26)9-15(12)29-18/h5-6,9,13-14,26H,1-4,7-8,10H2,(H2,20,28)(H4,21,22,23)/t13-,14-/m0/s1. The average Bonchev–Trinajstić information content (AvgIpc) is 3.33. The van der Waals surface area contributed by atoms with Crippen LogP contribution in [0, 0.1) is 5.41 Å². The topological polar surface area (TPSA) is 158 Å². The van der Waals surface area contributed by atoms with Gasteiger partial charge in [-0.15, -0.1) is 11.3 Å². The number of carbonyl (C=O) groups is 2. The van der Waals surface area contributed by atoms with E-state index in [2.05, 4.69) is 10.3 Å². The number of guanidine groups is 1. The highest BCUT2D eigenvalue weighted by Gasteiger charge is 2.38. The number of carbonyl (C=O) groups excluding carboxylic acids is 2. The number of Topliss-reactive ketones (excluding diaryl/α,β-unsaturated/α-hetero) is 1. The number of benzene rings is 1. The summed E-state index contributed by atoms with van der Waals surface area (Å²) in [7, 11) is 0. The number of amides is 1. The van der Waals surface area contributed by atoms with E-state index in [1.54, 1.807) is 12.1 Å².